The molecule has 8 heteroatoms. The van der Waals surface area contributed by atoms with Gasteiger partial charge in [-0.3, -0.25) is 4.79 Å². The number of likely N-dealkylation sites (tertiary alicyclic amines) is 1. The summed E-state index contributed by atoms with van der Waals surface area (Å²) < 4.78 is 5.19. The van der Waals surface area contributed by atoms with E-state index in [1.165, 1.54) is 0 Å². The molecule has 26 heavy (non-hydrogen) atoms. The number of piperidine rings is 1. The fourth-order valence-corrected chi connectivity index (χ4v) is 3.14. The van der Waals surface area contributed by atoms with Crippen LogP contribution in [0, 0.1) is 12.8 Å². The van der Waals surface area contributed by atoms with Gasteiger partial charge >= 0.3 is 12.0 Å². The largest absolute Gasteiger partial charge is 0.481 e. The van der Waals surface area contributed by atoms with Crippen molar-refractivity contribution < 1.29 is 19.2 Å². The molecule has 2 unspecified atom stereocenters. The molecule has 138 valence electrons. The van der Waals surface area contributed by atoms with E-state index < -0.39 is 11.9 Å². The number of aryl methyl sites for hydroxylation is 1. The zero-order chi connectivity index (χ0) is 18.5. The highest BCUT2D eigenvalue weighted by Crippen LogP contribution is 2.20. The average molecular weight is 358 g/mol. The maximum absolute atomic E-state index is 12.7. The van der Waals surface area contributed by atoms with Gasteiger partial charge in [0.1, 0.15) is 0 Å². The fraction of sp³-hybridized carbons (Fsp3) is 0.444. The third kappa shape index (κ3) is 4.38. The number of carbonyl (C=O) groups excluding carboxylic acids is 1. The average Bonchev–Trinajstić information content (AvgIpc) is 3.06. The summed E-state index contributed by atoms with van der Waals surface area (Å²) in [5, 5.41) is 16.0. The van der Waals surface area contributed by atoms with Crippen LogP contribution >= 0.6 is 0 Å². The van der Waals surface area contributed by atoms with E-state index in [-0.39, 0.29) is 18.6 Å². The monoisotopic (exact) mass is 358 g/mol. The molecular weight excluding hydrogens is 336 g/mol. The van der Waals surface area contributed by atoms with Crippen molar-refractivity contribution in [2.75, 3.05) is 13.1 Å². The van der Waals surface area contributed by atoms with Crippen LogP contribution in [0.4, 0.5) is 4.79 Å². The number of urea groups is 1. The molecule has 1 saturated heterocycles. The van der Waals surface area contributed by atoms with Gasteiger partial charge in [0.2, 0.25) is 5.89 Å². The molecule has 0 saturated carbocycles. The standard InChI is InChI=1S/C18H22N4O4/c1-12-19-16(26-21-12)10-15(13-6-3-2-4-7-13)20-18(25)22-9-5-8-14(11-22)17(23)24/h2-4,6-7,14-15H,5,8-11H2,1H3,(H,20,25)(H,23,24). The molecule has 0 bridgehead atoms. The van der Waals surface area contributed by atoms with E-state index in [9.17, 15) is 14.7 Å². The minimum atomic E-state index is -0.858. The Kier molecular flexibility index (Phi) is 5.50. The molecule has 2 N–H and O–H groups in total. The molecule has 0 aliphatic carbocycles. The van der Waals surface area contributed by atoms with Gasteiger partial charge in [0.05, 0.1) is 18.4 Å². The number of amides is 2. The van der Waals surface area contributed by atoms with E-state index >= 15 is 0 Å². The normalized spacial score (nSPS) is 18.3. The van der Waals surface area contributed by atoms with Crippen molar-refractivity contribution in [1.82, 2.24) is 20.4 Å². The predicted molar refractivity (Wildman–Crippen MR) is 92.4 cm³/mol. The minimum Gasteiger partial charge on any atom is -0.481 e. The first-order valence-corrected chi connectivity index (χ1v) is 8.65. The molecule has 1 aliphatic rings. The zero-order valence-electron chi connectivity index (χ0n) is 14.6. The van der Waals surface area contributed by atoms with E-state index in [1.54, 1.807) is 11.8 Å². The number of carboxylic acids is 1. The minimum absolute atomic E-state index is 0.225. The first-order chi connectivity index (χ1) is 12.5. The molecule has 0 radical (unpaired) electrons. The highest BCUT2D eigenvalue weighted by atomic mass is 16.5. The van der Waals surface area contributed by atoms with E-state index in [0.29, 0.717) is 37.5 Å². The maximum atomic E-state index is 12.7. The van der Waals surface area contributed by atoms with Gasteiger partial charge in [-0.25, -0.2) is 4.79 Å². The predicted octanol–water partition coefficient (Wildman–Crippen LogP) is 2.17. The van der Waals surface area contributed by atoms with E-state index in [4.69, 9.17) is 4.52 Å². The van der Waals surface area contributed by atoms with Crippen LogP contribution in [-0.2, 0) is 11.2 Å². The molecule has 1 aliphatic heterocycles. The Balaban J connectivity index is 1.72. The number of aromatic nitrogens is 2. The smallest absolute Gasteiger partial charge is 0.317 e. The highest BCUT2D eigenvalue weighted by molar-refractivity contribution is 5.77. The second-order valence-electron chi connectivity index (χ2n) is 6.48. The van der Waals surface area contributed by atoms with Crippen molar-refractivity contribution >= 4 is 12.0 Å². The lowest BCUT2D eigenvalue weighted by molar-refractivity contribution is -0.143. The molecule has 1 aromatic carbocycles. The fourth-order valence-electron chi connectivity index (χ4n) is 3.14. The molecule has 8 nitrogen and oxygen atoms in total. The van der Waals surface area contributed by atoms with Crippen LogP contribution in [0.1, 0.15) is 36.2 Å². The number of carboxylic acid groups (broad SMARTS) is 1. The summed E-state index contributed by atoms with van der Waals surface area (Å²) in [6.45, 7) is 2.52. The van der Waals surface area contributed by atoms with Gasteiger partial charge < -0.3 is 19.8 Å². The van der Waals surface area contributed by atoms with Gasteiger partial charge in [-0.05, 0) is 25.3 Å². The van der Waals surface area contributed by atoms with E-state index in [1.807, 2.05) is 30.3 Å². The summed E-state index contributed by atoms with van der Waals surface area (Å²) in [5.74, 6) is -0.385. The molecule has 2 aromatic rings. The Labute approximate surface area is 151 Å². The number of carbonyl (C=O) groups is 2. The second kappa shape index (κ2) is 7.99. The first kappa shape index (κ1) is 17.9. The Bertz CT molecular complexity index is 762. The molecule has 0 spiro atoms. The number of nitrogens with one attached hydrogen (secondary N) is 1. The quantitative estimate of drug-likeness (QED) is 0.848. The van der Waals surface area contributed by atoms with Gasteiger partial charge in [0, 0.05) is 13.1 Å². The lowest BCUT2D eigenvalue weighted by Crippen LogP contribution is -2.48. The number of nitrogens with zero attached hydrogens (tertiary/aromatic N) is 3. The van der Waals surface area contributed by atoms with Crippen molar-refractivity contribution in [2.45, 2.75) is 32.2 Å². The maximum Gasteiger partial charge on any atom is 0.317 e. The Morgan fingerprint density at radius 2 is 2.15 bits per heavy atom. The molecule has 2 heterocycles. The van der Waals surface area contributed by atoms with Crippen molar-refractivity contribution in [3.8, 4) is 0 Å². The van der Waals surface area contributed by atoms with Crippen LogP contribution in [0.5, 0.6) is 0 Å². The Morgan fingerprint density at radius 1 is 1.38 bits per heavy atom. The van der Waals surface area contributed by atoms with E-state index in [0.717, 1.165) is 5.56 Å². The van der Waals surface area contributed by atoms with Crippen molar-refractivity contribution in [1.29, 1.82) is 0 Å². The molecule has 1 aromatic heterocycles. The van der Waals surface area contributed by atoms with Crippen LogP contribution in [0.25, 0.3) is 0 Å². The van der Waals surface area contributed by atoms with Gasteiger partial charge in [-0.15, -0.1) is 0 Å². The summed E-state index contributed by atoms with van der Waals surface area (Å²) in [6, 6.07) is 8.93. The van der Waals surface area contributed by atoms with Crippen LogP contribution in [-0.4, -0.2) is 45.2 Å². The van der Waals surface area contributed by atoms with Gasteiger partial charge in [-0.1, -0.05) is 35.5 Å². The lowest BCUT2D eigenvalue weighted by atomic mass is 9.98. The van der Waals surface area contributed by atoms with Crippen LogP contribution in [0.3, 0.4) is 0 Å². The van der Waals surface area contributed by atoms with Crippen LogP contribution < -0.4 is 5.32 Å². The van der Waals surface area contributed by atoms with Crippen molar-refractivity contribution in [3.05, 3.63) is 47.6 Å². The molecule has 3 rings (SSSR count). The summed E-state index contributed by atoms with van der Waals surface area (Å²) in [7, 11) is 0. The Morgan fingerprint density at radius 3 is 2.81 bits per heavy atom. The lowest BCUT2D eigenvalue weighted by Gasteiger charge is -2.32. The van der Waals surface area contributed by atoms with Crippen LogP contribution in [0.15, 0.2) is 34.9 Å². The zero-order valence-corrected chi connectivity index (χ0v) is 14.6. The molecule has 2 atom stereocenters. The molecular formula is C18H22N4O4. The second-order valence-corrected chi connectivity index (χ2v) is 6.48. The van der Waals surface area contributed by atoms with E-state index in [2.05, 4.69) is 15.5 Å². The first-order valence-electron chi connectivity index (χ1n) is 8.65. The van der Waals surface area contributed by atoms with Crippen LogP contribution in [0.2, 0.25) is 0 Å². The van der Waals surface area contributed by atoms with Crippen molar-refractivity contribution in [2.24, 2.45) is 5.92 Å². The van der Waals surface area contributed by atoms with Crippen molar-refractivity contribution in [3.63, 3.8) is 0 Å². The third-order valence-corrected chi connectivity index (χ3v) is 4.51. The summed E-state index contributed by atoms with van der Waals surface area (Å²) in [5.41, 5.74) is 0.920. The van der Waals surface area contributed by atoms with Gasteiger partial charge in [-0.2, -0.15) is 4.98 Å². The third-order valence-electron chi connectivity index (χ3n) is 4.51. The molecule has 1 fully saturated rings. The van der Waals surface area contributed by atoms with Gasteiger partial charge in [0.25, 0.3) is 0 Å². The number of aliphatic carboxylic acids is 1. The summed E-state index contributed by atoms with van der Waals surface area (Å²) in [4.78, 5) is 29.7. The van der Waals surface area contributed by atoms with Gasteiger partial charge in [0.15, 0.2) is 5.82 Å². The highest BCUT2D eigenvalue weighted by Gasteiger charge is 2.29. The number of hydrogen-bond donors (Lipinski definition) is 2. The number of hydrogen-bond acceptors (Lipinski definition) is 5. The summed E-state index contributed by atoms with van der Waals surface area (Å²) in [6.07, 6.45) is 1.65. The number of rotatable bonds is 5. The molecule has 2 amide bonds. The number of benzene rings is 1. The Hall–Kier alpha value is -2.90. The topological polar surface area (TPSA) is 109 Å². The SMILES string of the molecule is Cc1noc(CC(NC(=O)N2CCCC(C(=O)O)C2)c2ccccc2)n1. The summed E-state index contributed by atoms with van der Waals surface area (Å²) >= 11 is 0.